The Morgan fingerprint density at radius 2 is 1.81 bits per heavy atom. The predicted octanol–water partition coefficient (Wildman–Crippen LogP) is 3.77. The molecule has 0 atom stereocenters. The van der Waals surface area contributed by atoms with Crippen LogP contribution >= 0.6 is 11.3 Å². The Balaban J connectivity index is 1.27. The molecule has 1 N–H and O–H groups in total. The fraction of sp³-hybridized carbons (Fsp3) is 0.458. The molecule has 0 radical (unpaired) electrons. The summed E-state index contributed by atoms with van der Waals surface area (Å²) in [6, 6.07) is 8.48. The van der Waals surface area contributed by atoms with E-state index in [4.69, 9.17) is 0 Å². The van der Waals surface area contributed by atoms with Gasteiger partial charge in [0.15, 0.2) is 0 Å². The van der Waals surface area contributed by atoms with E-state index in [-0.39, 0.29) is 17.9 Å². The third kappa shape index (κ3) is 5.22. The number of aryl methyl sites for hydroxylation is 3. The van der Waals surface area contributed by atoms with E-state index < -0.39 is 0 Å². The number of carbonyl (C=O) groups is 1. The highest BCUT2D eigenvalue weighted by Gasteiger charge is 2.13. The molecule has 0 aliphatic carbocycles. The van der Waals surface area contributed by atoms with Crippen molar-refractivity contribution in [3.05, 3.63) is 62.5 Å². The minimum absolute atomic E-state index is 0.0658. The van der Waals surface area contributed by atoms with Crippen LogP contribution in [0, 0.1) is 13.8 Å². The molecule has 1 saturated heterocycles. The molecule has 6 nitrogen and oxygen atoms in total. The van der Waals surface area contributed by atoms with Crippen molar-refractivity contribution in [3.63, 3.8) is 0 Å². The Bertz CT molecular complexity index is 1110. The van der Waals surface area contributed by atoms with E-state index in [0.717, 1.165) is 27.4 Å². The summed E-state index contributed by atoms with van der Waals surface area (Å²) in [5, 5.41) is 3.64. The SMILES string of the molecule is Cc1sc2ncn(CCC(=O)NCc3ccc(CN4CCCCC4)cc3)c(=O)c2c1C. The molecule has 164 valence electrons. The number of likely N-dealkylation sites (tertiary alicyclic amines) is 1. The normalized spacial score (nSPS) is 14.8. The maximum Gasteiger partial charge on any atom is 0.262 e. The van der Waals surface area contributed by atoms with Crippen molar-refractivity contribution in [2.45, 2.75) is 59.2 Å². The largest absolute Gasteiger partial charge is 0.352 e. The third-order valence-corrected chi connectivity index (χ3v) is 7.22. The maximum absolute atomic E-state index is 12.7. The first kappa shape index (κ1) is 21.7. The average molecular weight is 439 g/mol. The Kier molecular flexibility index (Phi) is 6.83. The highest BCUT2D eigenvalue weighted by Crippen LogP contribution is 2.25. The molecule has 0 bridgehead atoms. The van der Waals surface area contributed by atoms with Crippen LogP contribution in [-0.4, -0.2) is 33.4 Å². The van der Waals surface area contributed by atoms with Crippen LogP contribution in [0.5, 0.6) is 0 Å². The lowest BCUT2D eigenvalue weighted by Crippen LogP contribution is -2.29. The van der Waals surface area contributed by atoms with Crippen molar-refractivity contribution in [3.8, 4) is 0 Å². The molecule has 3 aromatic rings. The van der Waals surface area contributed by atoms with Crippen LogP contribution in [0.25, 0.3) is 10.2 Å². The molecule has 2 aromatic heterocycles. The fourth-order valence-electron chi connectivity index (χ4n) is 4.08. The highest BCUT2D eigenvalue weighted by molar-refractivity contribution is 7.18. The molecule has 1 aliphatic rings. The summed E-state index contributed by atoms with van der Waals surface area (Å²) in [6.45, 7) is 8.16. The minimum Gasteiger partial charge on any atom is -0.352 e. The van der Waals surface area contributed by atoms with E-state index in [1.165, 1.54) is 53.8 Å². The molecule has 1 aromatic carbocycles. The lowest BCUT2D eigenvalue weighted by atomic mass is 10.1. The first-order valence-electron chi connectivity index (χ1n) is 11.0. The lowest BCUT2D eigenvalue weighted by Gasteiger charge is -2.26. The van der Waals surface area contributed by atoms with Crippen molar-refractivity contribution < 1.29 is 4.79 Å². The predicted molar refractivity (Wildman–Crippen MR) is 125 cm³/mol. The number of thiophene rings is 1. The van der Waals surface area contributed by atoms with E-state index in [0.29, 0.717) is 18.5 Å². The summed E-state index contributed by atoms with van der Waals surface area (Å²) in [6.07, 6.45) is 5.75. The maximum atomic E-state index is 12.7. The molecule has 0 unspecified atom stereocenters. The molecular formula is C24H30N4O2S. The number of hydrogen-bond donors (Lipinski definition) is 1. The van der Waals surface area contributed by atoms with Gasteiger partial charge in [0.05, 0.1) is 11.7 Å². The van der Waals surface area contributed by atoms with Crippen molar-refractivity contribution in [1.82, 2.24) is 19.8 Å². The van der Waals surface area contributed by atoms with Crippen molar-refractivity contribution in [2.75, 3.05) is 13.1 Å². The molecule has 7 heteroatoms. The van der Waals surface area contributed by atoms with Crippen molar-refractivity contribution in [1.29, 1.82) is 0 Å². The van der Waals surface area contributed by atoms with Crippen LogP contribution in [0.2, 0.25) is 0 Å². The second-order valence-electron chi connectivity index (χ2n) is 8.39. The van der Waals surface area contributed by atoms with Crippen LogP contribution in [-0.2, 0) is 24.4 Å². The van der Waals surface area contributed by atoms with Gasteiger partial charge in [0, 0.05) is 30.9 Å². The van der Waals surface area contributed by atoms with Gasteiger partial charge in [-0.2, -0.15) is 0 Å². The summed E-state index contributed by atoms with van der Waals surface area (Å²) in [5.74, 6) is -0.0670. The molecule has 1 aliphatic heterocycles. The van der Waals surface area contributed by atoms with Gasteiger partial charge >= 0.3 is 0 Å². The van der Waals surface area contributed by atoms with E-state index >= 15 is 0 Å². The van der Waals surface area contributed by atoms with Gasteiger partial charge in [0.25, 0.3) is 5.56 Å². The Morgan fingerprint density at radius 3 is 2.55 bits per heavy atom. The number of nitrogens with one attached hydrogen (secondary N) is 1. The van der Waals surface area contributed by atoms with Gasteiger partial charge in [-0.3, -0.25) is 19.1 Å². The lowest BCUT2D eigenvalue weighted by molar-refractivity contribution is -0.121. The average Bonchev–Trinajstić information content (AvgIpc) is 3.07. The Morgan fingerprint density at radius 1 is 1.10 bits per heavy atom. The number of nitrogens with zero attached hydrogens (tertiary/aromatic N) is 3. The van der Waals surface area contributed by atoms with Gasteiger partial charge in [-0.1, -0.05) is 30.7 Å². The number of aromatic nitrogens is 2. The number of benzene rings is 1. The summed E-state index contributed by atoms with van der Waals surface area (Å²) in [5.41, 5.74) is 3.32. The second kappa shape index (κ2) is 9.75. The number of piperidine rings is 1. The molecule has 31 heavy (non-hydrogen) atoms. The molecule has 0 saturated carbocycles. The van der Waals surface area contributed by atoms with E-state index in [2.05, 4.69) is 39.5 Å². The Labute approximate surface area is 186 Å². The summed E-state index contributed by atoms with van der Waals surface area (Å²) >= 11 is 1.54. The summed E-state index contributed by atoms with van der Waals surface area (Å²) < 4.78 is 1.54. The third-order valence-electron chi connectivity index (χ3n) is 6.10. The van der Waals surface area contributed by atoms with Gasteiger partial charge in [-0.25, -0.2) is 4.98 Å². The smallest absolute Gasteiger partial charge is 0.262 e. The van der Waals surface area contributed by atoms with Crippen LogP contribution in [0.4, 0.5) is 0 Å². The summed E-state index contributed by atoms with van der Waals surface area (Å²) in [7, 11) is 0. The Hall–Kier alpha value is -2.51. The van der Waals surface area contributed by atoms with Crippen LogP contribution in [0.1, 0.15) is 47.3 Å². The standard InChI is InChI=1S/C24H30N4O2S/c1-17-18(2)31-23-22(17)24(30)28(16-26-23)13-10-21(29)25-14-19-6-8-20(9-7-19)15-27-11-4-3-5-12-27/h6-9,16H,3-5,10-15H2,1-2H3,(H,25,29). The molecule has 0 spiro atoms. The number of hydrogen-bond acceptors (Lipinski definition) is 5. The minimum atomic E-state index is -0.0670. The molecule has 4 rings (SSSR count). The first-order valence-corrected chi connectivity index (χ1v) is 11.8. The number of carbonyl (C=O) groups excluding carboxylic acids is 1. The molecular weight excluding hydrogens is 408 g/mol. The van der Waals surface area contributed by atoms with Crippen molar-refractivity contribution >= 4 is 27.5 Å². The van der Waals surface area contributed by atoms with Gasteiger partial charge in [0.1, 0.15) is 4.83 Å². The van der Waals surface area contributed by atoms with Crippen LogP contribution < -0.4 is 10.9 Å². The second-order valence-corrected chi connectivity index (χ2v) is 9.59. The zero-order chi connectivity index (χ0) is 21.8. The van der Waals surface area contributed by atoms with E-state index in [1.807, 2.05) is 13.8 Å². The fourth-order valence-corrected chi connectivity index (χ4v) is 5.07. The molecule has 1 fully saturated rings. The molecule has 3 heterocycles. The monoisotopic (exact) mass is 438 g/mol. The zero-order valence-electron chi connectivity index (χ0n) is 18.3. The molecule has 1 amide bonds. The van der Waals surface area contributed by atoms with E-state index in [1.54, 1.807) is 6.33 Å². The topological polar surface area (TPSA) is 67.2 Å². The first-order chi connectivity index (χ1) is 15.0. The number of amides is 1. The summed E-state index contributed by atoms with van der Waals surface area (Å²) in [4.78, 5) is 33.8. The van der Waals surface area contributed by atoms with Crippen LogP contribution in [0.3, 0.4) is 0 Å². The van der Waals surface area contributed by atoms with Gasteiger partial charge in [-0.15, -0.1) is 11.3 Å². The number of rotatable bonds is 7. The van der Waals surface area contributed by atoms with Gasteiger partial charge < -0.3 is 5.32 Å². The highest BCUT2D eigenvalue weighted by atomic mass is 32.1. The van der Waals surface area contributed by atoms with E-state index in [9.17, 15) is 9.59 Å². The number of fused-ring (bicyclic) bond motifs is 1. The van der Waals surface area contributed by atoms with Crippen LogP contribution in [0.15, 0.2) is 35.4 Å². The van der Waals surface area contributed by atoms with Gasteiger partial charge in [0.2, 0.25) is 5.91 Å². The quantitative estimate of drug-likeness (QED) is 0.610. The van der Waals surface area contributed by atoms with Crippen molar-refractivity contribution in [2.24, 2.45) is 0 Å². The van der Waals surface area contributed by atoms with Gasteiger partial charge in [-0.05, 0) is 56.5 Å². The zero-order valence-corrected chi connectivity index (χ0v) is 19.1.